The molecule has 2 aromatic rings. The molecule has 6 nitrogen and oxygen atoms in total. The van der Waals surface area contributed by atoms with Gasteiger partial charge in [-0.1, -0.05) is 45.3 Å². The highest BCUT2D eigenvalue weighted by Gasteiger charge is 2.10. The van der Waals surface area contributed by atoms with Gasteiger partial charge in [0.05, 0.1) is 20.6 Å². The smallest absolute Gasteiger partial charge is 0.211 e. The third kappa shape index (κ3) is 6.08. The van der Waals surface area contributed by atoms with Crippen molar-refractivity contribution in [2.75, 3.05) is 0 Å². The number of isocyanates is 2. The maximum Gasteiger partial charge on any atom is 0.292 e. The van der Waals surface area contributed by atoms with E-state index >= 15 is 0 Å². The van der Waals surface area contributed by atoms with Crippen LogP contribution in [0.1, 0.15) is 5.56 Å². The Bertz CT molecular complexity index is 915. The molecule has 2 aromatic carbocycles. The summed E-state index contributed by atoms with van der Waals surface area (Å²) < 4.78 is 25.0. The summed E-state index contributed by atoms with van der Waals surface area (Å²) in [5.74, 6) is 0. The zero-order chi connectivity index (χ0) is 18.2. The number of benzene rings is 2. The lowest BCUT2D eigenvalue weighted by atomic mass is 10.2. The highest BCUT2D eigenvalue weighted by Crippen LogP contribution is 2.25. The summed E-state index contributed by atoms with van der Waals surface area (Å²) in [5.41, 5.74) is 1.39. The molecule has 0 N–H and O–H groups in total. The van der Waals surface area contributed by atoms with E-state index in [9.17, 15) is 18.0 Å². The van der Waals surface area contributed by atoms with Crippen LogP contribution in [0.2, 0.25) is 10.0 Å². The Morgan fingerprint density at radius 3 is 2.04 bits per heavy atom. The highest BCUT2D eigenvalue weighted by atomic mass is 35.5. The second-order valence-corrected chi connectivity index (χ2v) is 6.69. The van der Waals surface area contributed by atoms with E-state index in [1.165, 1.54) is 24.3 Å². The van der Waals surface area contributed by atoms with Gasteiger partial charge in [0.15, 0.2) is 0 Å². The van der Waals surface area contributed by atoms with Crippen LogP contribution in [-0.4, -0.2) is 20.6 Å². The molecule has 0 saturated carbocycles. The number of aryl methyl sites for hydroxylation is 1. The number of rotatable bonds is 3. The van der Waals surface area contributed by atoms with Gasteiger partial charge in [0, 0.05) is 0 Å². The van der Waals surface area contributed by atoms with E-state index in [-0.39, 0.29) is 4.90 Å². The second-order valence-electron chi connectivity index (χ2n) is 4.27. The third-order valence-corrected chi connectivity index (χ3v) is 4.48. The summed E-state index contributed by atoms with van der Waals surface area (Å²) in [6.45, 7) is 1.83. The fourth-order valence-electron chi connectivity index (χ4n) is 1.42. The number of nitrogens with zero attached hydrogens (tertiary/aromatic N) is 2. The molecule has 9 heteroatoms. The maximum atomic E-state index is 11.1. The summed E-state index contributed by atoms with van der Waals surface area (Å²) in [4.78, 5) is 23.0. The molecule has 0 aliphatic rings. The summed E-state index contributed by atoms with van der Waals surface area (Å²) in [6.07, 6.45) is 2.41. The zero-order valence-electron chi connectivity index (χ0n) is 12.2. The van der Waals surface area contributed by atoms with Crippen molar-refractivity contribution in [2.45, 2.75) is 11.8 Å². The molecule has 0 bridgehead atoms. The van der Waals surface area contributed by atoms with Crippen LogP contribution in [0.15, 0.2) is 56.8 Å². The first-order valence-corrected chi connectivity index (χ1v) is 8.43. The first-order chi connectivity index (χ1) is 11.3. The minimum atomic E-state index is -3.83. The molecule has 0 spiro atoms. The van der Waals surface area contributed by atoms with Gasteiger partial charge in [-0.25, -0.2) is 9.59 Å². The minimum absolute atomic E-state index is 0.00134. The van der Waals surface area contributed by atoms with Gasteiger partial charge in [-0.2, -0.15) is 13.4 Å². The fourth-order valence-corrected chi connectivity index (χ4v) is 2.40. The van der Waals surface area contributed by atoms with E-state index in [1.54, 1.807) is 24.3 Å². The highest BCUT2D eigenvalue weighted by molar-refractivity contribution is 7.90. The number of carbonyl (C=O) groups excluding carboxylic acids is 2. The topological polar surface area (TPSA) is 93.0 Å². The standard InChI is InChI=1S/C8H7NO3S.C7H3Cl2NO/c1-7-2-4-8(5-3-7)13(11,12)9-6-10;8-6-2-1-5(10-4-11)3-7(6)9/h2-5H,1H3;1-3H. The molecule has 0 radical (unpaired) electrons. The predicted octanol–water partition coefficient (Wildman–Crippen LogP) is 3.98. The molecule has 0 amide bonds. The predicted molar refractivity (Wildman–Crippen MR) is 90.7 cm³/mol. The Morgan fingerprint density at radius 2 is 1.54 bits per heavy atom. The van der Waals surface area contributed by atoms with Gasteiger partial charge in [0.25, 0.3) is 16.1 Å². The molecule has 0 aromatic heterocycles. The Morgan fingerprint density at radius 1 is 0.917 bits per heavy atom. The SMILES string of the molecule is Cc1ccc(S(=O)(=O)N=C=O)cc1.O=C=Nc1ccc(Cl)c(Cl)c1. The van der Waals surface area contributed by atoms with Crippen LogP contribution < -0.4 is 0 Å². The van der Waals surface area contributed by atoms with Crippen LogP contribution in [0.3, 0.4) is 0 Å². The lowest BCUT2D eigenvalue weighted by molar-refractivity contribution is 0.563. The van der Waals surface area contributed by atoms with Crippen molar-refractivity contribution in [2.24, 2.45) is 9.39 Å². The van der Waals surface area contributed by atoms with Gasteiger partial charge >= 0.3 is 0 Å². The molecular weight excluding hydrogens is 375 g/mol. The van der Waals surface area contributed by atoms with Crippen LogP contribution in [-0.2, 0) is 19.6 Å². The largest absolute Gasteiger partial charge is 0.292 e. The van der Waals surface area contributed by atoms with Gasteiger partial charge in [-0.3, -0.25) is 0 Å². The van der Waals surface area contributed by atoms with Gasteiger partial charge < -0.3 is 0 Å². The number of halogens is 2. The quantitative estimate of drug-likeness (QED) is 0.590. The summed E-state index contributed by atoms with van der Waals surface area (Å²) in [6, 6.07) is 10.7. The van der Waals surface area contributed by atoms with Gasteiger partial charge in [-0.05, 0) is 37.3 Å². The number of hydrogen-bond acceptors (Lipinski definition) is 5. The molecule has 0 aliphatic heterocycles. The van der Waals surface area contributed by atoms with E-state index in [2.05, 4.69) is 9.39 Å². The Labute approximate surface area is 148 Å². The Kier molecular flexibility index (Phi) is 7.52. The van der Waals surface area contributed by atoms with Crippen molar-refractivity contribution in [1.82, 2.24) is 0 Å². The molecule has 0 saturated heterocycles. The third-order valence-electron chi connectivity index (χ3n) is 2.55. The van der Waals surface area contributed by atoms with Crippen molar-refractivity contribution in [1.29, 1.82) is 0 Å². The lowest BCUT2D eigenvalue weighted by Gasteiger charge is -1.96. The average Bonchev–Trinajstić information content (AvgIpc) is 2.52. The van der Waals surface area contributed by atoms with E-state index in [0.29, 0.717) is 15.7 Å². The monoisotopic (exact) mass is 384 g/mol. The van der Waals surface area contributed by atoms with Gasteiger partial charge in [0.2, 0.25) is 6.08 Å². The Hall–Kier alpha value is -2.27. The van der Waals surface area contributed by atoms with Gasteiger partial charge in [0.1, 0.15) is 0 Å². The van der Waals surface area contributed by atoms with Crippen molar-refractivity contribution in [3.8, 4) is 0 Å². The molecule has 0 fully saturated rings. The van der Waals surface area contributed by atoms with E-state index in [4.69, 9.17) is 23.2 Å². The molecule has 124 valence electrons. The minimum Gasteiger partial charge on any atom is -0.211 e. The number of hydrogen-bond donors (Lipinski definition) is 0. The molecule has 2 rings (SSSR count). The van der Waals surface area contributed by atoms with Crippen LogP contribution in [0.5, 0.6) is 0 Å². The number of aliphatic imine (C=N–C) groups is 1. The van der Waals surface area contributed by atoms with Crippen molar-refractivity contribution in [3.05, 3.63) is 58.1 Å². The number of sulfonamides is 1. The summed E-state index contributed by atoms with van der Waals surface area (Å²) in [5, 5.41) is 0.819. The Balaban J connectivity index is 0.000000243. The van der Waals surface area contributed by atoms with E-state index in [1.807, 2.05) is 6.92 Å². The van der Waals surface area contributed by atoms with Gasteiger partial charge in [-0.15, -0.1) is 0 Å². The average molecular weight is 385 g/mol. The summed E-state index contributed by atoms with van der Waals surface area (Å²) >= 11 is 11.2. The molecule has 24 heavy (non-hydrogen) atoms. The van der Waals surface area contributed by atoms with Crippen LogP contribution in [0.25, 0.3) is 0 Å². The molecule has 0 atom stereocenters. The molecule has 0 heterocycles. The molecule has 0 aliphatic carbocycles. The van der Waals surface area contributed by atoms with Crippen molar-refractivity contribution in [3.63, 3.8) is 0 Å². The first kappa shape index (κ1) is 19.8. The molecule has 0 unspecified atom stereocenters. The van der Waals surface area contributed by atoms with Crippen molar-refractivity contribution < 1.29 is 18.0 Å². The maximum absolute atomic E-state index is 11.1. The molecular formula is C15H10Cl2N2O4S. The second kappa shape index (κ2) is 9.13. The lowest BCUT2D eigenvalue weighted by Crippen LogP contribution is -1.95. The zero-order valence-corrected chi connectivity index (χ0v) is 14.6. The van der Waals surface area contributed by atoms with Crippen LogP contribution >= 0.6 is 23.2 Å². The van der Waals surface area contributed by atoms with Crippen LogP contribution in [0, 0.1) is 6.92 Å². The fraction of sp³-hybridized carbons (Fsp3) is 0.0667. The van der Waals surface area contributed by atoms with E-state index < -0.39 is 10.0 Å². The normalized spacial score (nSPS) is 9.79. The van der Waals surface area contributed by atoms with Crippen molar-refractivity contribution >= 4 is 51.1 Å². The first-order valence-electron chi connectivity index (χ1n) is 6.24. The summed E-state index contributed by atoms with van der Waals surface area (Å²) in [7, 11) is -3.83. The van der Waals surface area contributed by atoms with E-state index in [0.717, 1.165) is 11.6 Å². The van der Waals surface area contributed by atoms with Crippen LogP contribution in [0.4, 0.5) is 5.69 Å².